The number of rotatable bonds is 9. The molecule has 9 nitrogen and oxygen atoms in total. The summed E-state index contributed by atoms with van der Waals surface area (Å²) in [5, 5.41) is 18.8. The van der Waals surface area contributed by atoms with E-state index in [1.165, 1.54) is 47.4 Å². The molecule has 0 spiro atoms. The van der Waals surface area contributed by atoms with Gasteiger partial charge in [0.2, 0.25) is 5.91 Å². The molecular formula is C25H20N4O5S2. The van der Waals surface area contributed by atoms with Crippen LogP contribution in [-0.2, 0) is 4.79 Å². The number of thiazole rings is 1. The van der Waals surface area contributed by atoms with Crippen molar-refractivity contribution in [2.24, 2.45) is 0 Å². The van der Waals surface area contributed by atoms with Gasteiger partial charge in [-0.1, -0.05) is 24.3 Å². The summed E-state index contributed by atoms with van der Waals surface area (Å²) in [5.74, 6) is 0.203. The maximum Gasteiger partial charge on any atom is 0.270 e. The van der Waals surface area contributed by atoms with Crippen molar-refractivity contribution >= 4 is 51.4 Å². The molecule has 36 heavy (non-hydrogen) atoms. The van der Waals surface area contributed by atoms with Crippen molar-refractivity contribution in [2.75, 3.05) is 23.5 Å². The number of carbonyl (C=O) groups excluding carboxylic acids is 2. The summed E-state index contributed by atoms with van der Waals surface area (Å²) in [5.41, 5.74) is 2.17. The Hall–Kier alpha value is -4.22. The molecular weight excluding hydrogens is 500 g/mol. The lowest BCUT2D eigenvalue weighted by atomic mass is 10.2. The zero-order valence-electron chi connectivity index (χ0n) is 19.0. The second kappa shape index (κ2) is 11.5. The van der Waals surface area contributed by atoms with Gasteiger partial charge in [-0.2, -0.15) is 0 Å². The van der Waals surface area contributed by atoms with Crippen molar-refractivity contribution < 1.29 is 19.2 Å². The number of non-ortho nitro benzene ring substituents is 1. The van der Waals surface area contributed by atoms with Gasteiger partial charge < -0.3 is 15.4 Å². The normalized spacial score (nSPS) is 10.5. The Balaban J connectivity index is 1.32. The maximum atomic E-state index is 12.5. The first kappa shape index (κ1) is 24.9. The van der Waals surface area contributed by atoms with Gasteiger partial charge in [0.25, 0.3) is 11.6 Å². The summed E-state index contributed by atoms with van der Waals surface area (Å²) in [6, 6.07) is 20.0. The smallest absolute Gasteiger partial charge is 0.270 e. The van der Waals surface area contributed by atoms with E-state index in [1.54, 1.807) is 25.3 Å². The number of nitro benzene ring substituents is 1. The number of aromatic nitrogens is 1. The molecule has 11 heteroatoms. The van der Waals surface area contributed by atoms with E-state index in [0.29, 0.717) is 10.8 Å². The lowest BCUT2D eigenvalue weighted by Crippen LogP contribution is -2.14. The predicted octanol–water partition coefficient (Wildman–Crippen LogP) is 5.71. The van der Waals surface area contributed by atoms with Gasteiger partial charge in [-0.25, -0.2) is 4.98 Å². The van der Waals surface area contributed by atoms with Crippen LogP contribution >= 0.6 is 23.1 Å². The largest absolute Gasteiger partial charge is 0.497 e. The molecule has 2 N–H and O–H groups in total. The molecule has 0 fully saturated rings. The molecule has 4 rings (SSSR count). The fourth-order valence-electron chi connectivity index (χ4n) is 3.18. The zero-order chi connectivity index (χ0) is 25.5. The molecule has 0 saturated heterocycles. The second-order valence-corrected chi connectivity index (χ2v) is 9.30. The maximum absolute atomic E-state index is 12.5. The summed E-state index contributed by atoms with van der Waals surface area (Å²) in [6.45, 7) is 0. The highest BCUT2D eigenvalue weighted by Gasteiger charge is 2.13. The van der Waals surface area contributed by atoms with Gasteiger partial charge in [-0.05, 0) is 36.4 Å². The zero-order valence-corrected chi connectivity index (χ0v) is 20.6. The quantitative estimate of drug-likeness (QED) is 0.165. The van der Waals surface area contributed by atoms with E-state index in [1.807, 2.05) is 35.7 Å². The molecule has 0 aliphatic heterocycles. The molecule has 2 amide bonds. The van der Waals surface area contributed by atoms with E-state index >= 15 is 0 Å². The van der Waals surface area contributed by atoms with Gasteiger partial charge in [-0.3, -0.25) is 19.7 Å². The highest BCUT2D eigenvalue weighted by molar-refractivity contribution is 8.00. The molecule has 3 aromatic carbocycles. The Bertz CT molecular complexity index is 1420. The number of amides is 2. The van der Waals surface area contributed by atoms with Gasteiger partial charge in [0.1, 0.15) is 5.75 Å². The van der Waals surface area contributed by atoms with Crippen LogP contribution in [0.3, 0.4) is 0 Å². The molecule has 0 unspecified atom stereocenters. The van der Waals surface area contributed by atoms with Crippen molar-refractivity contribution in [3.63, 3.8) is 0 Å². The Labute approximate surface area is 214 Å². The average Bonchev–Trinajstić information content (AvgIpc) is 3.36. The topological polar surface area (TPSA) is 123 Å². The molecule has 0 bridgehead atoms. The van der Waals surface area contributed by atoms with Crippen molar-refractivity contribution in [3.8, 4) is 17.0 Å². The lowest BCUT2D eigenvalue weighted by molar-refractivity contribution is -0.384. The Morgan fingerprint density at radius 1 is 1.06 bits per heavy atom. The van der Waals surface area contributed by atoms with Crippen LogP contribution < -0.4 is 15.4 Å². The number of hydrogen-bond acceptors (Lipinski definition) is 8. The van der Waals surface area contributed by atoms with Gasteiger partial charge in [-0.15, -0.1) is 23.1 Å². The number of carbonyl (C=O) groups is 2. The van der Waals surface area contributed by atoms with Crippen LogP contribution in [0.4, 0.5) is 16.5 Å². The van der Waals surface area contributed by atoms with Gasteiger partial charge >= 0.3 is 0 Å². The Morgan fingerprint density at radius 3 is 2.67 bits per heavy atom. The Kier molecular flexibility index (Phi) is 7.93. The standard InChI is InChI=1S/C25H20N4O5S2/c1-34-20-9-3-5-16(12-20)22-14-36-25(27-22)28-23(30)15-35-21-10-4-7-18(13-21)26-24(31)17-6-2-8-19(11-17)29(32)33/h2-14H,15H2,1H3,(H,26,31)(H,27,28,30). The molecule has 4 aromatic rings. The van der Waals surface area contributed by atoms with Crippen LogP contribution in [0, 0.1) is 10.1 Å². The van der Waals surface area contributed by atoms with Gasteiger partial charge in [0, 0.05) is 39.2 Å². The summed E-state index contributed by atoms with van der Waals surface area (Å²) >= 11 is 2.64. The lowest BCUT2D eigenvalue weighted by Gasteiger charge is -2.08. The minimum Gasteiger partial charge on any atom is -0.497 e. The first-order chi connectivity index (χ1) is 17.4. The molecule has 182 valence electrons. The highest BCUT2D eigenvalue weighted by atomic mass is 32.2. The van der Waals surface area contributed by atoms with E-state index in [-0.39, 0.29) is 22.9 Å². The van der Waals surface area contributed by atoms with E-state index < -0.39 is 10.8 Å². The summed E-state index contributed by atoms with van der Waals surface area (Å²) < 4.78 is 5.24. The molecule has 1 aromatic heterocycles. The third kappa shape index (κ3) is 6.46. The highest BCUT2D eigenvalue weighted by Crippen LogP contribution is 2.28. The molecule has 0 aliphatic carbocycles. The Morgan fingerprint density at radius 2 is 1.86 bits per heavy atom. The summed E-state index contributed by atoms with van der Waals surface area (Å²) in [6.07, 6.45) is 0. The van der Waals surface area contributed by atoms with Crippen LogP contribution in [0.2, 0.25) is 0 Å². The first-order valence-electron chi connectivity index (χ1n) is 10.6. The van der Waals surface area contributed by atoms with Crippen molar-refractivity contribution in [1.82, 2.24) is 4.98 Å². The number of thioether (sulfide) groups is 1. The van der Waals surface area contributed by atoms with Crippen molar-refractivity contribution in [3.05, 3.63) is 93.9 Å². The van der Waals surface area contributed by atoms with E-state index in [4.69, 9.17) is 4.74 Å². The number of methoxy groups -OCH3 is 1. The van der Waals surface area contributed by atoms with Crippen LogP contribution in [0.25, 0.3) is 11.3 Å². The molecule has 0 saturated carbocycles. The number of nitrogens with one attached hydrogen (secondary N) is 2. The van der Waals surface area contributed by atoms with Gasteiger partial charge in [0.15, 0.2) is 5.13 Å². The number of benzene rings is 3. The molecule has 0 aliphatic rings. The average molecular weight is 521 g/mol. The second-order valence-electron chi connectivity index (χ2n) is 7.40. The van der Waals surface area contributed by atoms with E-state index in [9.17, 15) is 19.7 Å². The minimum atomic E-state index is -0.551. The van der Waals surface area contributed by atoms with Crippen molar-refractivity contribution in [2.45, 2.75) is 4.90 Å². The minimum absolute atomic E-state index is 0.149. The fraction of sp³-hybridized carbons (Fsp3) is 0.0800. The summed E-state index contributed by atoms with van der Waals surface area (Å²) in [7, 11) is 1.60. The van der Waals surface area contributed by atoms with Gasteiger partial charge in [0.05, 0.1) is 23.5 Å². The molecule has 0 atom stereocenters. The van der Waals surface area contributed by atoms with Crippen LogP contribution in [0.5, 0.6) is 5.75 Å². The first-order valence-corrected chi connectivity index (χ1v) is 12.5. The molecule has 0 radical (unpaired) electrons. The SMILES string of the molecule is COc1cccc(-c2csc(NC(=O)CSc3cccc(NC(=O)c4cccc([N+](=O)[O-])c4)c3)n2)c1. The summed E-state index contributed by atoms with van der Waals surface area (Å²) in [4.78, 5) is 40.6. The number of ether oxygens (including phenoxy) is 1. The van der Waals surface area contributed by atoms with Crippen LogP contribution in [0.1, 0.15) is 10.4 Å². The third-order valence-corrected chi connectivity index (χ3v) is 6.65. The van der Waals surface area contributed by atoms with E-state index in [0.717, 1.165) is 21.9 Å². The fourth-order valence-corrected chi connectivity index (χ4v) is 4.67. The van der Waals surface area contributed by atoms with Crippen LogP contribution in [-0.4, -0.2) is 34.6 Å². The molecule has 1 heterocycles. The number of nitrogens with zero attached hydrogens (tertiary/aromatic N) is 2. The van der Waals surface area contributed by atoms with Crippen molar-refractivity contribution in [1.29, 1.82) is 0 Å². The number of anilines is 2. The van der Waals surface area contributed by atoms with E-state index in [2.05, 4.69) is 15.6 Å². The monoisotopic (exact) mass is 520 g/mol. The predicted molar refractivity (Wildman–Crippen MR) is 141 cm³/mol. The van der Waals surface area contributed by atoms with Crippen LogP contribution in [0.15, 0.2) is 83.1 Å². The third-order valence-electron chi connectivity index (χ3n) is 4.90. The number of nitro groups is 1. The number of hydrogen-bond donors (Lipinski definition) is 2.